The Morgan fingerprint density at radius 1 is 1.10 bits per heavy atom. The number of nitrogens with zero attached hydrogens (tertiary/aromatic N) is 4. The number of carbonyl (C=O) groups is 1. The normalized spacial score (nSPS) is 12.1. The number of methoxy groups -OCH3 is 1. The van der Waals surface area contributed by atoms with E-state index in [4.69, 9.17) is 9.47 Å². The van der Waals surface area contributed by atoms with Gasteiger partial charge in [0, 0.05) is 37.0 Å². The van der Waals surface area contributed by atoms with E-state index in [1.807, 2.05) is 43.4 Å². The van der Waals surface area contributed by atoms with E-state index in [0.717, 1.165) is 51.2 Å². The first-order chi connectivity index (χ1) is 19.1. The highest BCUT2D eigenvalue weighted by atomic mass is 16.5. The molecule has 9 nitrogen and oxygen atoms in total. The van der Waals surface area contributed by atoms with Crippen molar-refractivity contribution >= 4 is 28.4 Å². The zero-order valence-electron chi connectivity index (χ0n) is 21.6. The Kier molecular flexibility index (Phi) is 6.16. The monoisotopic (exact) mass is 518 g/mol. The Labute approximate surface area is 225 Å². The summed E-state index contributed by atoms with van der Waals surface area (Å²) in [4.78, 5) is 25.3. The van der Waals surface area contributed by atoms with Crippen molar-refractivity contribution in [2.24, 2.45) is 7.05 Å². The van der Waals surface area contributed by atoms with E-state index >= 15 is 0 Å². The second kappa shape index (κ2) is 9.94. The van der Waals surface area contributed by atoms with Gasteiger partial charge in [-0.1, -0.05) is 30.8 Å². The number of carbonyl (C=O) groups excluding carboxylic acids is 1. The lowest BCUT2D eigenvalue weighted by Crippen LogP contribution is -2.10. The van der Waals surface area contributed by atoms with Crippen LogP contribution in [0, 0.1) is 0 Å². The van der Waals surface area contributed by atoms with Gasteiger partial charge in [-0.15, -0.1) is 0 Å². The molecule has 0 bridgehead atoms. The first kappa shape index (κ1) is 24.2. The van der Waals surface area contributed by atoms with Gasteiger partial charge in [0.1, 0.15) is 23.5 Å². The molecule has 0 spiro atoms. The minimum Gasteiger partial charge on any atom is -0.481 e. The van der Waals surface area contributed by atoms with Crippen LogP contribution in [0.4, 0.5) is 11.5 Å². The maximum atomic E-state index is 11.8. The molecule has 3 aromatic heterocycles. The van der Waals surface area contributed by atoms with E-state index in [-0.39, 0.29) is 5.91 Å². The van der Waals surface area contributed by atoms with Crippen molar-refractivity contribution in [3.8, 4) is 39.9 Å². The Balaban J connectivity index is 1.49. The maximum Gasteiger partial charge on any atom is 0.247 e. The highest BCUT2D eigenvalue weighted by Gasteiger charge is 2.26. The van der Waals surface area contributed by atoms with Crippen LogP contribution in [0.1, 0.15) is 5.56 Å². The van der Waals surface area contributed by atoms with Gasteiger partial charge in [0.2, 0.25) is 17.7 Å². The molecular weight excluding hydrogens is 492 g/mol. The fourth-order valence-corrected chi connectivity index (χ4v) is 4.98. The number of aromatic nitrogens is 4. The van der Waals surface area contributed by atoms with Crippen molar-refractivity contribution in [1.29, 1.82) is 0 Å². The topological polar surface area (TPSA) is 103 Å². The molecule has 1 amide bonds. The maximum absolute atomic E-state index is 11.8. The van der Waals surface area contributed by atoms with E-state index in [2.05, 4.69) is 48.9 Å². The van der Waals surface area contributed by atoms with Gasteiger partial charge in [-0.3, -0.25) is 4.79 Å². The predicted molar refractivity (Wildman–Crippen MR) is 151 cm³/mol. The molecule has 1 aliphatic rings. The van der Waals surface area contributed by atoms with Crippen LogP contribution < -0.4 is 20.1 Å². The van der Waals surface area contributed by atoms with E-state index in [1.165, 1.54) is 6.08 Å². The fourth-order valence-electron chi connectivity index (χ4n) is 4.98. The van der Waals surface area contributed by atoms with Crippen molar-refractivity contribution in [2.75, 3.05) is 24.3 Å². The lowest BCUT2D eigenvalue weighted by atomic mass is 9.92. The zero-order valence-corrected chi connectivity index (χ0v) is 21.6. The summed E-state index contributed by atoms with van der Waals surface area (Å²) in [6, 6.07) is 19.3. The number of pyridine rings is 1. The summed E-state index contributed by atoms with van der Waals surface area (Å²) in [7, 11) is 3.59. The number of rotatable bonds is 6. The molecule has 0 fully saturated rings. The standard InChI is InChI=1S/C30H26N6O3/c1-4-23(37)34-20-10-8-18(9-11-20)28-26-22-13-12-21(39-25-7-5-6-24(35-25)38-3)16-19(22)14-15-31-29-27(26)30(36(28)2)33-17-32-29/h4-13,16-17H,1,14-15H2,2-3H3,(H,34,37)(H,31,32,33). The smallest absolute Gasteiger partial charge is 0.247 e. The van der Waals surface area contributed by atoms with Gasteiger partial charge in [0.15, 0.2) is 0 Å². The molecule has 4 heterocycles. The van der Waals surface area contributed by atoms with Crippen LogP contribution in [-0.2, 0) is 18.3 Å². The molecule has 1 aliphatic heterocycles. The predicted octanol–water partition coefficient (Wildman–Crippen LogP) is 5.59. The van der Waals surface area contributed by atoms with Crippen LogP contribution >= 0.6 is 0 Å². The molecule has 194 valence electrons. The van der Waals surface area contributed by atoms with Crippen LogP contribution in [0.3, 0.4) is 0 Å². The van der Waals surface area contributed by atoms with Gasteiger partial charge in [0.25, 0.3) is 0 Å². The summed E-state index contributed by atoms with van der Waals surface area (Å²) in [5.41, 5.74) is 6.76. The summed E-state index contributed by atoms with van der Waals surface area (Å²) in [6.07, 6.45) is 3.61. The average molecular weight is 519 g/mol. The van der Waals surface area contributed by atoms with Gasteiger partial charge >= 0.3 is 0 Å². The minimum absolute atomic E-state index is 0.253. The largest absolute Gasteiger partial charge is 0.481 e. The molecular formula is C30H26N6O3. The summed E-state index contributed by atoms with van der Waals surface area (Å²) >= 11 is 0. The number of hydrogen-bond donors (Lipinski definition) is 2. The zero-order chi connectivity index (χ0) is 26.9. The summed E-state index contributed by atoms with van der Waals surface area (Å²) in [5, 5.41) is 7.26. The van der Waals surface area contributed by atoms with Crippen molar-refractivity contribution < 1.29 is 14.3 Å². The Hall–Kier alpha value is -5.18. The molecule has 9 heteroatoms. The van der Waals surface area contributed by atoms with Crippen molar-refractivity contribution in [3.63, 3.8) is 0 Å². The third-order valence-electron chi connectivity index (χ3n) is 6.74. The van der Waals surface area contributed by atoms with Crippen LogP contribution in [0.25, 0.3) is 33.4 Å². The van der Waals surface area contributed by atoms with Gasteiger partial charge in [-0.2, -0.15) is 4.98 Å². The third kappa shape index (κ3) is 4.44. The molecule has 0 atom stereocenters. The minimum atomic E-state index is -0.253. The number of benzene rings is 2. The van der Waals surface area contributed by atoms with Crippen molar-refractivity contribution in [3.05, 3.63) is 85.2 Å². The molecule has 0 saturated heterocycles. The van der Waals surface area contributed by atoms with E-state index in [0.29, 0.717) is 29.7 Å². The van der Waals surface area contributed by atoms with Crippen molar-refractivity contribution in [1.82, 2.24) is 19.5 Å². The number of fused-ring (bicyclic) bond motifs is 2. The molecule has 0 aliphatic carbocycles. The SMILES string of the molecule is C=CC(=O)Nc1ccc(-c2c3c4c(ncnc4n2C)NCCc2cc(Oc4cccc(OC)n4)ccc2-3)cc1. The molecule has 6 rings (SSSR count). The number of ether oxygens (including phenoxy) is 2. The van der Waals surface area contributed by atoms with E-state index < -0.39 is 0 Å². The highest BCUT2D eigenvalue weighted by molar-refractivity contribution is 6.09. The molecule has 0 unspecified atom stereocenters. The first-order valence-corrected chi connectivity index (χ1v) is 12.5. The summed E-state index contributed by atoms with van der Waals surface area (Å²) in [6.45, 7) is 4.23. The Morgan fingerprint density at radius 3 is 2.72 bits per heavy atom. The number of hydrogen-bond acceptors (Lipinski definition) is 7. The van der Waals surface area contributed by atoms with E-state index in [9.17, 15) is 4.79 Å². The lowest BCUT2D eigenvalue weighted by molar-refractivity contribution is -0.111. The molecule has 39 heavy (non-hydrogen) atoms. The number of anilines is 2. The number of aryl methyl sites for hydroxylation is 1. The summed E-state index contributed by atoms with van der Waals surface area (Å²) < 4.78 is 13.4. The second-order valence-corrected chi connectivity index (χ2v) is 9.09. The highest BCUT2D eigenvalue weighted by Crippen LogP contribution is 2.45. The van der Waals surface area contributed by atoms with Gasteiger partial charge in [-0.05, 0) is 53.5 Å². The van der Waals surface area contributed by atoms with Gasteiger partial charge in [-0.25, -0.2) is 9.97 Å². The number of amides is 1. The lowest BCUT2D eigenvalue weighted by Gasteiger charge is -2.18. The quantitative estimate of drug-likeness (QED) is 0.283. The van der Waals surface area contributed by atoms with Crippen LogP contribution in [0.2, 0.25) is 0 Å². The molecule has 2 N–H and O–H groups in total. The number of nitrogens with one attached hydrogen (secondary N) is 2. The van der Waals surface area contributed by atoms with Crippen LogP contribution in [-0.4, -0.2) is 39.1 Å². The van der Waals surface area contributed by atoms with E-state index in [1.54, 1.807) is 25.6 Å². The third-order valence-corrected chi connectivity index (χ3v) is 6.74. The molecule has 0 saturated carbocycles. The van der Waals surface area contributed by atoms with Crippen LogP contribution in [0.5, 0.6) is 17.5 Å². The first-order valence-electron chi connectivity index (χ1n) is 12.5. The van der Waals surface area contributed by atoms with Gasteiger partial charge in [0.05, 0.1) is 18.2 Å². The average Bonchev–Trinajstić information content (AvgIpc) is 3.25. The molecule has 2 aromatic carbocycles. The van der Waals surface area contributed by atoms with Crippen LogP contribution in [0.15, 0.2) is 79.6 Å². The van der Waals surface area contributed by atoms with Gasteiger partial charge < -0.3 is 24.7 Å². The van der Waals surface area contributed by atoms with Crippen molar-refractivity contribution in [2.45, 2.75) is 6.42 Å². The summed E-state index contributed by atoms with van der Waals surface area (Å²) in [5.74, 6) is 2.19. The fraction of sp³-hybridized carbons (Fsp3) is 0.133. The molecule has 5 aromatic rings. The Morgan fingerprint density at radius 2 is 1.92 bits per heavy atom. The molecule has 0 radical (unpaired) electrons. The Bertz CT molecular complexity index is 1730. The second-order valence-electron chi connectivity index (χ2n) is 9.09.